The molecule has 23 heavy (non-hydrogen) atoms. The van der Waals surface area contributed by atoms with Gasteiger partial charge in [-0.1, -0.05) is 26.0 Å². The molecule has 2 rings (SSSR count). The van der Waals surface area contributed by atoms with E-state index in [1.807, 2.05) is 18.2 Å². The molecule has 4 heteroatoms. The minimum atomic E-state index is -1.40. The lowest BCUT2D eigenvalue weighted by molar-refractivity contribution is 0.464. The van der Waals surface area contributed by atoms with E-state index in [4.69, 9.17) is 4.52 Å². The average Bonchev–Trinajstić information content (AvgIpc) is 2.43. The molecule has 0 heterocycles. The molecule has 0 saturated carbocycles. The summed E-state index contributed by atoms with van der Waals surface area (Å²) in [6.45, 7) is 9.96. The summed E-state index contributed by atoms with van der Waals surface area (Å²) in [5, 5.41) is 9.96. The number of phenolic OH excluding ortho intramolecular Hbond substituents is 1. The van der Waals surface area contributed by atoms with Crippen LogP contribution in [0.25, 0.3) is 0 Å². The number of benzene rings is 2. The first kappa shape index (κ1) is 17.8. The molecule has 0 bridgehead atoms. The van der Waals surface area contributed by atoms with Crippen molar-refractivity contribution in [2.24, 2.45) is 0 Å². The van der Waals surface area contributed by atoms with Crippen LogP contribution in [0.5, 0.6) is 11.5 Å². The van der Waals surface area contributed by atoms with Gasteiger partial charge in [-0.15, -0.1) is 0 Å². The van der Waals surface area contributed by atoms with Crippen LogP contribution in [0.4, 0.5) is 0 Å². The van der Waals surface area contributed by atoms with Crippen molar-refractivity contribution >= 4 is 8.38 Å². The Morgan fingerprint density at radius 2 is 1.70 bits per heavy atom. The van der Waals surface area contributed by atoms with Crippen LogP contribution in [-0.2, 0) is 6.42 Å². The number of aryl methyl sites for hydroxylation is 2. The molecule has 2 aromatic rings. The molecule has 0 fully saturated rings. The van der Waals surface area contributed by atoms with Gasteiger partial charge in [-0.05, 0) is 72.2 Å². The minimum Gasteiger partial charge on any atom is -0.508 e. The van der Waals surface area contributed by atoms with E-state index in [9.17, 15) is 10.00 Å². The molecule has 0 aliphatic carbocycles. The fraction of sp³-hybridized carbons (Fsp3) is 0.368. The average molecular weight is 332 g/mol. The Bertz CT molecular complexity index is 670. The standard InChI is InChI=1S/C19H25O3P/c1-12(2)17-10-15(6-7-19(17)20)11-18-13(3)8-16(9-14(18)4)22-23(5)21/h6-10,12,20-21H,11H2,1-5H3. The summed E-state index contributed by atoms with van der Waals surface area (Å²) in [6, 6.07) is 9.79. The lowest BCUT2D eigenvalue weighted by Crippen LogP contribution is -1.99. The summed E-state index contributed by atoms with van der Waals surface area (Å²) in [4.78, 5) is 9.42. The number of phenols is 1. The van der Waals surface area contributed by atoms with Crippen LogP contribution in [0.15, 0.2) is 30.3 Å². The third-order valence-electron chi connectivity index (χ3n) is 4.00. The van der Waals surface area contributed by atoms with Crippen molar-refractivity contribution in [2.45, 2.75) is 40.0 Å². The molecule has 3 nitrogen and oxygen atoms in total. The lowest BCUT2D eigenvalue weighted by atomic mass is 9.93. The van der Waals surface area contributed by atoms with Gasteiger partial charge in [0.2, 0.25) is 8.38 Å². The monoisotopic (exact) mass is 332 g/mol. The zero-order valence-electron chi connectivity index (χ0n) is 14.4. The minimum absolute atomic E-state index is 0.293. The second kappa shape index (κ2) is 7.33. The van der Waals surface area contributed by atoms with Gasteiger partial charge in [-0.3, -0.25) is 0 Å². The van der Waals surface area contributed by atoms with Gasteiger partial charge in [0.05, 0.1) is 0 Å². The van der Waals surface area contributed by atoms with E-state index in [1.165, 1.54) is 11.1 Å². The van der Waals surface area contributed by atoms with Gasteiger partial charge in [-0.2, -0.15) is 0 Å². The maximum absolute atomic E-state index is 9.96. The predicted molar refractivity (Wildman–Crippen MR) is 96.6 cm³/mol. The first-order valence-electron chi connectivity index (χ1n) is 7.80. The summed E-state index contributed by atoms with van der Waals surface area (Å²) in [7, 11) is -1.40. The van der Waals surface area contributed by atoms with Gasteiger partial charge in [0.25, 0.3) is 0 Å². The summed E-state index contributed by atoms with van der Waals surface area (Å²) in [5.41, 5.74) is 5.73. The third-order valence-corrected chi connectivity index (χ3v) is 4.48. The smallest absolute Gasteiger partial charge is 0.224 e. The van der Waals surface area contributed by atoms with E-state index in [1.54, 1.807) is 12.7 Å². The van der Waals surface area contributed by atoms with Crippen LogP contribution < -0.4 is 4.52 Å². The molecule has 0 spiro atoms. The van der Waals surface area contributed by atoms with Gasteiger partial charge in [0, 0.05) is 6.66 Å². The molecule has 0 aliphatic rings. The van der Waals surface area contributed by atoms with Crippen molar-refractivity contribution in [3.8, 4) is 11.5 Å². The van der Waals surface area contributed by atoms with Crippen LogP contribution in [0, 0.1) is 13.8 Å². The van der Waals surface area contributed by atoms with Gasteiger partial charge in [0.15, 0.2) is 0 Å². The van der Waals surface area contributed by atoms with Gasteiger partial charge in [0.1, 0.15) is 11.5 Å². The molecule has 0 aliphatic heterocycles. The van der Waals surface area contributed by atoms with Gasteiger partial charge >= 0.3 is 0 Å². The molecule has 1 atom stereocenters. The van der Waals surface area contributed by atoms with Crippen LogP contribution in [0.2, 0.25) is 0 Å². The van der Waals surface area contributed by atoms with Gasteiger partial charge < -0.3 is 14.5 Å². The van der Waals surface area contributed by atoms with E-state index in [0.29, 0.717) is 17.4 Å². The highest BCUT2D eigenvalue weighted by atomic mass is 31.2. The van der Waals surface area contributed by atoms with E-state index in [-0.39, 0.29) is 0 Å². The van der Waals surface area contributed by atoms with Crippen molar-refractivity contribution in [1.82, 2.24) is 0 Å². The second-order valence-electron chi connectivity index (χ2n) is 6.32. The quantitative estimate of drug-likeness (QED) is 0.755. The van der Waals surface area contributed by atoms with E-state index >= 15 is 0 Å². The highest BCUT2D eigenvalue weighted by molar-refractivity contribution is 7.45. The Balaban J connectivity index is 2.32. The number of hydrogen-bond donors (Lipinski definition) is 2. The molecule has 2 N–H and O–H groups in total. The summed E-state index contributed by atoms with van der Waals surface area (Å²) in [6.07, 6.45) is 0.817. The molecule has 1 unspecified atom stereocenters. The van der Waals surface area contributed by atoms with Crippen LogP contribution in [-0.4, -0.2) is 16.7 Å². The molecule has 124 valence electrons. The lowest BCUT2D eigenvalue weighted by Gasteiger charge is -2.16. The number of rotatable bonds is 5. The van der Waals surface area contributed by atoms with Crippen molar-refractivity contribution in [3.63, 3.8) is 0 Å². The van der Waals surface area contributed by atoms with Crippen molar-refractivity contribution in [3.05, 3.63) is 58.1 Å². The number of aromatic hydroxyl groups is 1. The first-order chi connectivity index (χ1) is 10.8. The number of hydrogen-bond acceptors (Lipinski definition) is 3. The predicted octanol–water partition coefficient (Wildman–Crippen LogP) is 5.04. The van der Waals surface area contributed by atoms with E-state index in [0.717, 1.165) is 23.1 Å². The van der Waals surface area contributed by atoms with Crippen molar-refractivity contribution < 1.29 is 14.5 Å². The maximum Gasteiger partial charge on any atom is 0.224 e. The largest absolute Gasteiger partial charge is 0.508 e. The highest BCUT2D eigenvalue weighted by Crippen LogP contribution is 2.33. The Kier molecular flexibility index (Phi) is 5.67. The molecule has 0 saturated heterocycles. The van der Waals surface area contributed by atoms with Crippen LogP contribution >= 0.6 is 8.38 Å². The fourth-order valence-electron chi connectivity index (χ4n) is 2.82. The highest BCUT2D eigenvalue weighted by Gasteiger charge is 2.11. The van der Waals surface area contributed by atoms with Crippen LogP contribution in [0.3, 0.4) is 0 Å². The summed E-state index contributed by atoms with van der Waals surface area (Å²) < 4.78 is 5.43. The van der Waals surface area contributed by atoms with Crippen LogP contribution in [0.1, 0.15) is 47.6 Å². The molecule has 0 aromatic heterocycles. The zero-order chi connectivity index (χ0) is 17.1. The Labute approximate surface area is 139 Å². The zero-order valence-corrected chi connectivity index (χ0v) is 15.3. The molecule has 0 radical (unpaired) electrons. The topological polar surface area (TPSA) is 49.7 Å². The first-order valence-corrected chi connectivity index (χ1v) is 9.46. The van der Waals surface area contributed by atoms with E-state index in [2.05, 4.69) is 33.8 Å². The molecular formula is C19H25O3P. The Morgan fingerprint density at radius 3 is 2.22 bits per heavy atom. The SMILES string of the molecule is Cc1cc(OP(C)O)cc(C)c1Cc1ccc(O)c(C(C)C)c1. The maximum atomic E-state index is 9.96. The fourth-order valence-corrected chi connectivity index (χ4v) is 3.23. The summed E-state index contributed by atoms with van der Waals surface area (Å²) in [5.74, 6) is 1.37. The second-order valence-corrected chi connectivity index (χ2v) is 7.43. The molecule has 2 aromatic carbocycles. The van der Waals surface area contributed by atoms with E-state index < -0.39 is 8.38 Å². The normalized spacial score (nSPS) is 12.5. The molecule has 0 amide bonds. The van der Waals surface area contributed by atoms with Crippen molar-refractivity contribution in [2.75, 3.05) is 6.66 Å². The third kappa shape index (κ3) is 4.46. The molecular weight excluding hydrogens is 307 g/mol. The Morgan fingerprint density at radius 1 is 1.09 bits per heavy atom. The Hall–Kier alpha value is -1.57. The van der Waals surface area contributed by atoms with Crippen molar-refractivity contribution in [1.29, 1.82) is 0 Å². The summed E-state index contributed by atoms with van der Waals surface area (Å²) >= 11 is 0. The van der Waals surface area contributed by atoms with Gasteiger partial charge in [-0.25, -0.2) is 0 Å².